The second-order valence-corrected chi connectivity index (χ2v) is 5.57. The van der Waals surface area contributed by atoms with E-state index in [-0.39, 0.29) is 12.0 Å². The van der Waals surface area contributed by atoms with E-state index in [9.17, 15) is 4.79 Å². The highest BCUT2D eigenvalue weighted by Crippen LogP contribution is 2.23. The van der Waals surface area contributed by atoms with E-state index in [1.165, 1.54) is 19.3 Å². The first-order valence-corrected chi connectivity index (χ1v) is 7.30. The summed E-state index contributed by atoms with van der Waals surface area (Å²) in [5.41, 5.74) is 0. The smallest absolute Gasteiger partial charge is 0.229 e. The van der Waals surface area contributed by atoms with Gasteiger partial charge in [0.25, 0.3) is 0 Å². The maximum Gasteiger partial charge on any atom is 0.229 e. The number of likely N-dealkylation sites (tertiary alicyclic amines) is 1. The van der Waals surface area contributed by atoms with E-state index < -0.39 is 0 Å². The van der Waals surface area contributed by atoms with Crippen molar-refractivity contribution in [1.82, 2.24) is 10.2 Å². The van der Waals surface area contributed by atoms with Gasteiger partial charge in [-0.25, -0.2) is 0 Å². The molecule has 0 radical (unpaired) electrons. The van der Waals surface area contributed by atoms with Gasteiger partial charge in [0, 0.05) is 19.1 Å². The Kier molecular flexibility index (Phi) is 5.01. The predicted molar refractivity (Wildman–Crippen MR) is 71.4 cm³/mol. The van der Waals surface area contributed by atoms with Crippen LogP contribution >= 0.6 is 0 Å². The van der Waals surface area contributed by atoms with Gasteiger partial charge >= 0.3 is 0 Å². The van der Waals surface area contributed by atoms with Gasteiger partial charge in [-0.05, 0) is 32.2 Å². The summed E-state index contributed by atoms with van der Waals surface area (Å²) in [4.78, 5) is 14.6. The predicted octanol–water partition coefficient (Wildman–Crippen LogP) is 1.26. The van der Waals surface area contributed by atoms with E-state index >= 15 is 0 Å². The lowest BCUT2D eigenvalue weighted by atomic mass is 9.98. The molecule has 0 aromatic carbocycles. The molecule has 2 fully saturated rings. The van der Waals surface area contributed by atoms with Crippen molar-refractivity contribution in [3.63, 3.8) is 0 Å². The number of amides is 1. The van der Waals surface area contributed by atoms with Crippen molar-refractivity contribution in [2.24, 2.45) is 11.8 Å². The number of hydrogen-bond donors (Lipinski definition) is 1. The Morgan fingerprint density at radius 2 is 2.17 bits per heavy atom. The molecule has 3 unspecified atom stereocenters. The first-order chi connectivity index (χ1) is 8.76. The fourth-order valence-corrected chi connectivity index (χ4v) is 3.11. The highest BCUT2D eigenvalue weighted by Gasteiger charge is 2.36. The van der Waals surface area contributed by atoms with Crippen molar-refractivity contribution >= 4 is 5.91 Å². The third-order valence-corrected chi connectivity index (χ3v) is 4.51. The van der Waals surface area contributed by atoms with Crippen molar-refractivity contribution < 1.29 is 9.53 Å². The minimum Gasteiger partial charge on any atom is -0.379 e. The van der Waals surface area contributed by atoms with Crippen LogP contribution < -0.4 is 5.32 Å². The fourth-order valence-electron chi connectivity index (χ4n) is 3.11. The lowest BCUT2D eigenvalue weighted by Crippen LogP contribution is -2.45. The van der Waals surface area contributed by atoms with Gasteiger partial charge in [0.05, 0.1) is 19.1 Å². The van der Waals surface area contributed by atoms with E-state index in [1.807, 2.05) is 7.05 Å². The van der Waals surface area contributed by atoms with E-state index in [1.54, 1.807) is 0 Å². The Morgan fingerprint density at radius 1 is 1.33 bits per heavy atom. The molecule has 0 aliphatic carbocycles. The highest BCUT2D eigenvalue weighted by molar-refractivity contribution is 5.80. The largest absolute Gasteiger partial charge is 0.379 e. The highest BCUT2D eigenvalue weighted by atomic mass is 16.5. The number of hydrogen-bond acceptors (Lipinski definition) is 3. The quantitative estimate of drug-likeness (QED) is 0.824. The number of carbonyl (C=O) groups is 1. The van der Waals surface area contributed by atoms with Crippen LogP contribution in [-0.2, 0) is 9.53 Å². The summed E-state index contributed by atoms with van der Waals surface area (Å²) < 4.78 is 5.44. The molecule has 0 spiro atoms. The SMILES string of the molecule is CCC1CCCN(C(=O)C2COCC2NC)CC1. The first-order valence-electron chi connectivity index (χ1n) is 7.30. The Hall–Kier alpha value is -0.610. The first kappa shape index (κ1) is 13.8. The van der Waals surface area contributed by atoms with Crippen LogP contribution in [0.5, 0.6) is 0 Å². The number of ether oxygens (including phenoxy) is 1. The molecule has 0 aromatic heterocycles. The summed E-state index contributed by atoms with van der Waals surface area (Å²) in [5.74, 6) is 1.12. The molecule has 2 aliphatic rings. The molecule has 1 amide bonds. The number of carbonyl (C=O) groups excluding carboxylic acids is 1. The Morgan fingerprint density at radius 3 is 2.89 bits per heavy atom. The molecule has 4 heteroatoms. The molecular weight excluding hydrogens is 228 g/mol. The molecule has 18 heavy (non-hydrogen) atoms. The molecule has 2 saturated heterocycles. The summed E-state index contributed by atoms with van der Waals surface area (Å²) in [6, 6.07) is 0.197. The normalized spacial score (nSPS) is 33.4. The second kappa shape index (κ2) is 6.53. The zero-order valence-corrected chi connectivity index (χ0v) is 11.7. The number of nitrogens with zero attached hydrogens (tertiary/aromatic N) is 1. The van der Waals surface area contributed by atoms with Crippen molar-refractivity contribution in [2.45, 2.75) is 38.6 Å². The summed E-state index contributed by atoms with van der Waals surface area (Å²) in [7, 11) is 1.91. The molecule has 2 aliphatic heterocycles. The van der Waals surface area contributed by atoms with Gasteiger partial charge in [0.15, 0.2) is 0 Å². The van der Waals surface area contributed by atoms with Gasteiger partial charge in [-0.15, -0.1) is 0 Å². The molecule has 1 N–H and O–H groups in total. The Balaban J connectivity index is 1.92. The third-order valence-electron chi connectivity index (χ3n) is 4.51. The molecule has 0 bridgehead atoms. The van der Waals surface area contributed by atoms with Crippen LogP contribution in [-0.4, -0.2) is 50.2 Å². The van der Waals surface area contributed by atoms with Crippen molar-refractivity contribution in [3.8, 4) is 0 Å². The van der Waals surface area contributed by atoms with Crippen molar-refractivity contribution in [2.75, 3.05) is 33.4 Å². The van der Waals surface area contributed by atoms with Crippen molar-refractivity contribution in [1.29, 1.82) is 0 Å². The number of nitrogens with one attached hydrogen (secondary N) is 1. The average molecular weight is 254 g/mol. The molecule has 2 heterocycles. The second-order valence-electron chi connectivity index (χ2n) is 5.57. The van der Waals surface area contributed by atoms with Gasteiger partial charge in [0.1, 0.15) is 0 Å². The van der Waals surface area contributed by atoms with Gasteiger partial charge in [-0.1, -0.05) is 13.3 Å². The van der Waals surface area contributed by atoms with Crippen LogP contribution in [0, 0.1) is 11.8 Å². The Labute approximate surface area is 110 Å². The van der Waals surface area contributed by atoms with Crippen LogP contribution in [0.15, 0.2) is 0 Å². The summed E-state index contributed by atoms with van der Waals surface area (Å²) in [6.45, 7) is 5.37. The topological polar surface area (TPSA) is 41.6 Å². The monoisotopic (exact) mass is 254 g/mol. The minimum absolute atomic E-state index is 0.0215. The maximum atomic E-state index is 12.5. The molecular formula is C14H26N2O2. The zero-order valence-electron chi connectivity index (χ0n) is 11.7. The number of rotatable bonds is 3. The molecule has 2 rings (SSSR count). The lowest BCUT2D eigenvalue weighted by molar-refractivity contribution is -0.136. The summed E-state index contributed by atoms with van der Waals surface area (Å²) in [6.07, 6.45) is 4.84. The molecule has 104 valence electrons. The Bertz CT molecular complexity index is 283. The van der Waals surface area contributed by atoms with E-state index in [4.69, 9.17) is 4.74 Å². The maximum absolute atomic E-state index is 12.5. The summed E-state index contributed by atoms with van der Waals surface area (Å²) >= 11 is 0. The third kappa shape index (κ3) is 3.04. The van der Waals surface area contributed by atoms with Gasteiger partial charge < -0.3 is 15.0 Å². The minimum atomic E-state index is 0.0215. The summed E-state index contributed by atoms with van der Waals surface area (Å²) in [5, 5.41) is 3.20. The van der Waals surface area contributed by atoms with Gasteiger partial charge in [-0.3, -0.25) is 4.79 Å². The average Bonchev–Trinajstić information content (AvgIpc) is 2.74. The van der Waals surface area contributed by atoms with Gasteiger partial charge in [0.2, 0.25) is 5.91 Å². The van der Waals surface area contributed by atoms with Crippen LogP contribution in [0.1, 0.15) is 32.6 Å². The number of likely N-dealkylation sites (N-methyl/N-ethyl adjacent to an activating group) is 1. The van der Waals surface area contributed by atoms with Crippen LogP contribution in [0.4, 0.5) is 0 Å². The fraction of sp³-hybridized carbons (Fsp3) is 0.929. The van der Waals surface area contributed by atoms with E-state index in [0.29, 0.717) is 19.1 Å². The van der Waals surface area contributed by atoms with Crippen molar-refractivity contribution in [3.05, 3.63) is 0 Å². The lowest BCUT2D eigenvalue weighted by Gasteiger charge is -2.26. The zero-order chi connectivity index (χ0) is 13.0. The van der Waals surface area contributed by atoms with E-state index in [2.05, 4.69) is 17.1 Å². The molecule has 4 nitrogen and oxygen atoms in total. The van der Waals surface area contributed by atoms with Crippen LogP contribution in [0.2, 0.25) is 0 Å². The van der Waals surface area contributed by atoms with Gasteiger partial charge in [-0.2, -0.15) is 0 Å². The van der Waals surface area contributed by atoms with Crippen LogP contribution in [0.25, 0.3) is 0 Å². The molecule has 3 atom stereocenters. The van der Waals surface area contributed by atoms with Crippen LogP contribution in [0.3, 0.4) is 0 Å². The van der Waals surface area contributed by atoms with E-state index in [0.717, 1.165) is 25.4 Å². The standard InChI is InChI=1S/C14H26N2O2/c1-3-11-5-4-7-16(8-6-11)14(17)12-9-18-10-13(12)15-2/h11-13,15H,3-10H2,1-2H3. The molecule has 0 saturated carbocycles. The molecule has 0 aromatic rings.